The molecule has 1 rings (SSSR count). The summed E-state index contributed by atoms with van der Waals surface area (Å²) < 4.78 is 0. The van der Waals surface area contributed by atoms with Gasteiger partial charge in [-0.25, -0.2) is 0 Å². The molecule has 1 fully saturated rings. The van der Waals surface area contributed by atoms with Gasteiger partial charge in [0.25, 0.3) is 0 Å². The molecule has 0 saturated carbocycles. The summed E-state index contributed by atoms with van der Waals surface area (Å²) in [6.45, 7) is 13.1. The minimum Gasteiger partial charge on any atom is -0.314 e. The van der Waals surface area contributed by atoms with Crippen LogP contribution >= 0.6 is 0 Å². The summed E-state index contributed by atoms with van der Waals surface area (Å²) in [5.41, 5.74) is 0. The van der Waals surface area contributed by atoms with Gasteiger partial charge in [0.2, 0.25) is 0 Å². The van der Waals surface area contributed by atoms with E-state index >= 15 is 0 Å². The van der Waals surface area contributed by atoms with E-state index in [1.54, 1.807) is 0 Å². The fourth-order valence-corrected chi connectivity index (χ4v) is 2.96. The molecule has 0 spiro atoms. The van der Waals surface area contributed by atoms with E-state index in [9.17, 15) is 0 Å². The van der Waals surface area contributed by atoms with E-state index < -0.39 is 0 Å². The predicted molar refractivity (Wildman–Crippen MR) is 76.4 cm³/mol. The molecular weight excluding hydrogens is 208 g/mol. The second-order valence-electron chi connectivity index (χ2n) is 6.04. The summed E-state index contributed by atoms with van der Waals surface area (Å²) in [7, 11) is 0. The first-order valence-electron chi connectivity index (χ1n) is 7.61. The Bertz CT molecular complexity index is 193. The predicted octanol–water partition coefficient (Wildman–Crippen LogP) is 3.28. The van der Waals surface area contributed by atoms with Crippen molar-refractivity contribution < 1.29 is 0 Å². The van der Waals surface area contributed by atoms with Crippen LogP contribution < -0.4 is 5.32 Å². The highest BCUT2D eigenvalue weighted by atomic mass is 15.2. The molecule has 3 unspecified atom stereocenters. The van der Waals surface area contributed by atoms with Gasteiger partial charge in [-0.05, 0) is 58.5 Å². The average molecular weight is 240 g/mol. The van der Waals surface area contributed by atoms with Gasteiger partial charge in [-0.3, -0.25) is 0 Å². The first-order valence-corrected chi connectivity index (χ1v) is 7.61. The molecule has 3 atom stereocenters. The second kappa shape index (κ2) is 8.10. The molecule has 2 nitrogen and oxygen atoms in total. The first kappa shape index (κ1) is 15.0. The van der Waals surface area contributed by atoms with E-state index in [-0.39, 0.29) is 0 Å². The Hall–Kier alpha value is -0.0800. The maximum Gasteiger partial charge on any atom is 0.00700 e. The van der Waals surface area contributed by atoms with Crippen molar-refractivity contribution in [1.82, 2.24) is 10.2 Å². The Morgan fingerprint density at radius 3 is 2.65 bits per heavy atom. The van der Waals surface area contributed by atoms with E-state index in [1.807, 2.05) is 0 Å². The van der Waals surface area contributed by atoms with E-state index in [0.29, 0.717) is 6.04 Å². The molecule has 1 aliphatic rings. The molecule has 1 heterocycles. The highest BCUT2D eigenvalue weighted by molar-refractivity contribution is 4.79. The third kappa shape index (κ3) is 5.87. The van der Waals surface area contributed by atoms with Gasteiger partial charge in [-0.15, -0.1) is 0 Å². The number of likely N-dealkylation sites (tertiary alicyclic amines) is 1. The first-order chi connectivity index (χ1) is 8.13. The fraction of sp³-hybridized carbons (Fsp3) is 1.00. The zero-order valence-corrected chi connectivity index (χ0v) is 12.3. The minimum absolute atomic E-state index is 0.699. The van der Waals surface area contributed by atoms with Gasteiger partial charge in [-0.1, -0.05) is 20.3 Å². The molecule has 0 aromatic heterocycles. The van der Waals surface area contributed by atoms with Crippen LogP contribution in [-0.2, 0) is 0 Å². The number of hydrogen-bond donors (Lipinski definition) is 1. The van der Waals surface area contributed by atoms with E-state index in [1.165, 1.54) is 51.7 Å². The molecule has 0 radical (unpaired) electrons. The molecule has 0 aromatic carbocycles. The van der Waals surface area contributed by atoms with Crippen molar-refractivity contribution in [2.75, 3.05) is 19.6 Å². The fourth-order valence-electron chi connectivity index (χ4n) is 2.96. The number of hydrogen-bond acceptors (Lipinski definition) is 2. The lowest BCUT2D eigenvalue weighted by molar-refractivity contribution is 0.257. The maximum atomic E-state index is 3.56. The molecule has 2 heteroatoms. The van der Waals surface area contributed by atoms with Crippen molar-refractivity contribution >= 4 is 0 Å². The second-order valence-corrected chi connectivity index (χ2v) is 6.04. The summed E-state index contributed by atoms with van der Waals surface area (Å²) in [6.07, 6.45) is 6.71. The van der Waals surface area contributed by atoms with Crippen molar-refractivity contribution in [3.63, 3.8) is 0 Å². The number of nitrogens with zero attached hydrogens (tertiary/aromatic N) is 1. The summed E-state index contributed by atoms with van der Waals surface area (Å²) in [4.78, 5) is 2.68. The standard InChI is InChI=1S/C15H32N2/c1-5-9-16-14(3)8-6-7-10-17-12-13(2)11-15(17)4/h13-16H,5-12H2,1-4H3. The van der Waals surface area contributed by atoms with Crippen LogP contribution in [0.2, 0.25) is 0 Å². The Labute approximate surface area is 108 Å². The van der Waals surface area contributed by atoms with Crippen LogP contribution in [0.1, 0.15) is 59.8 Å². The number of rotatable bonds is 8. The summed E-state index contributed by atoms with van der Waals surface area (Å²) in [5, 5.41) is 3.56. The summed E-state index contributed by atoms with van der Waals surface area (Å²) >= 11 is 0. The highest BCUT2D eigenvalue weighted by Gasteiger charge is 2.24. The van der Waals surface area contributed by atoms with Gasteiger partial charge in [0, 0.05) is 18.6 Å². The van der Waals surface area contributed by atoms with E-state index in [2.05, 4.69) is 37.9 Å². The summed E-state index contributed by atoms with van der Waals surface area (Å²) in [5.74, 6) is 0.912. The van der Waals surface area contributed by atoms with E-state index in [0.717, 1.165) is 12.0 Å². The molecule has 102 valence electrons. The molecule has 0 aliphatic carbocycles. The molecule has 0 aromatic rings. The molecule has 17 heavy (non-hydrogen) atoms. The van der Waals surface area contributed by atoms with Crippen molar-refractivity contribution in [3.05, 3.63) is 0 Å². The van der Waals surface area contributed by atoms with Crippen LogP contribution in [0.4, 0.5) is 0 Å². The lowest BCUT2D eigenvalue weighted by atomic mass is 10.1. The van der Waals surface area contributed by atoms with Gasteiger partial charge < -0.3 is 10.2 Å². The average Bonchev–Trinajstić information content (AvgIpc) is 2.60. The SMILES string of the molecule is CCCNC(C)CCCCN1CC(C)CC1C. The third-order valence-corrected chi connectivity index (χ3v) is 3.99. The molecular formula is C15H32N2. The van der Waals surface area contributed by atoms with Crippen LogP contribution in [0.15, 0.2) is 0 Å². The van der Waals surface area contributed by atoms with Gasteiger partial charge in [0.1, 0.15) is 0 Å². The monoisotopic (exact) mass is 240 g/mol. The maximum absolute atomic E-state index is 3.56. The number of unbranched alkanes of at least 4 members (excludes halogenated alkanes) is 1. The van der Waals surface area contributed by atoms with Crippen LogP contribution in [0.25, 0.3) is 0 Å². The van der Waals surface area contributed by atoms with Crippen LogP contribution in [-0.4, -0.2) is 36.6 Å². The molecule has 0 amide bonds. The number of nitrogens with one attached hydrogen (secondary N) is 1. The Balaban J connectivity index is 2.00. The van der Waals surface area contributed by atoms with Crippen LogP contribution in [0.3, 0.4) is 0 Å². The highest BCUT2D eigenvalue weighted by Crippen LogP contribution is 2.22. The lowest BCUT2D eigenvalue weighted by Gasteiger charge is -2.21. The molecule has 1 N–H and O–H groups in total. The van der Waals surface area contributed by atoms with Gasteiger partial charge >= 0.3 is 0 Å². The zero-order valence-electron chi connectivity index (χ0n) is 12.3. The molecule has 0 bridgehead atoms. The van der Waals surface area contributed by atoms with Gasteiger partial charge in [0.15, 0.2) is 0 Å². The Kier molecular flexibility index (Phi) is 7.14. The Morgan fingerprint density at radius 1 is 1.29 bits per heavy atom. The quantitative estimate of drug-likeness (QED) is 0.655. The van der Waals surface area contributed by atoms with Crippen molar-refractivity contribution in [2.45, 2.75) is 71.9 Å². The van der Waals surface area contributed by atoms with Gasteiger partial charge in [0.05, 0.1) is 0 Å². The van der Waals surface area contributed by atoms with E-state index in [4.69, 9.17) is 0 Å². The smallest absolute Gasteiger partial charge is 0.00700 e. The topological polar surface area (TPSA) is 15.3 Å². The lowest BCUT2D eigenvalue weighted by Crippen LogP contribution is -2.29. The van der Waals surface area contributed by atoms with Gasteiger partial charge in [-0.2, -0.15) is 0 Å². The minimum atomic E-state index is 0.699. The van der Waals surface area contributed by atoms with Crippen molar-refractivity contribution in [2.24, 2.45) is 5.92 Å². The van der Waals surface area contributed by atoms with Crippen LogP contribution in [0, 0.1) is 5.92 Å². The molecule has 1 aliphatic heterocycles. The zero-order chi connectivity index (χ0) is 12.7. The largest absolute Gasteiger partial charge is 0.314 e. The summed E-state index contributed by atoms with van der Waals surface area (Å²) in [6, 6.07) is 1.52. The van der Waals surface area contributed by atoms with Crippen LogP contribution in [0.5, 0.6) is 0 Å². The Morgan fingerprint density at radius 2 is 2.06 bits per heavy atom. The molecule has 1 saturated heterocycles. The third-order valence-electron chi connectivity index (χ3n) is 3.99. The van der Waals surface area contributed by atoms with Crippen molar-refractivity contribution in [1.29, 1.82) is 0 Å². The van der Waals surface area contributed by atoms with Crippen molar-refractivity contribution in [3.8, 4) is 0 Å². The normalized spacial score (nSPS) is 27.5.